The van der Waals surface area contributed by atoms with Crippen LogP contribution in [0.3, 0.4) is 0 Å². The van der Waals surface area contributed by atoms with Crippen LogP contribution >= 0.6 is 11.6 Å². The molecular formula is C13H22ClNO2. The Balaban J connectivity index is 2.45. The number of allylic oxidation sites excluding steroid dienone is 2. The number of halogens is 1. The Kier molecular flexibility index (Phi) is 6.20. The summed E-state index contributed by atoms with van der Waals surface area (Å²) in [7, 11) is 3.65. The summed E-state index contributed by atoms with van der Waals surface area (Å²) in [5.74, 6) is 0.332. The van der Waals surface area contributed by atoms with Gasteiger partial charge in [0.1, 0.15) is 0 Å². The number of hydrogen-bond acceptors (Lipinski definition) is 3. The summed E-state index contributed by atoms with van der Waals surface area (Å²) in [6.07, 6.45) is 5.48. The van der Waals surface area contributed by atoms with Gasteiger partial charge in [0.15, 0.2) is 0 Å². The van der Waals surface area contributed by atoms with Crippen molar-refractivity contribution in [3.63, 3.8) is 0 Å². The van der Waals surface area contributed by atoms with E-state index in [0.29, 0.717) is 19.1 Å². The molecule has 17 heavy (non-hydrogen) atoms. The third-order valence-electron chi connectivity index (χ3n) is 2.99. The summed E-state index contributed by atoms with van der Waals surface area (Å²) in [5, 5.41) is 10.1. The predicted octanol–water partition coefficient (Wildman–Crippen LogP) is 1.67. The number of hydrogen-bond donors (Lipinski definition) is 1. The van der Waals surface area contributed by atoms with Gasteiger partial charge in [0.05, 0.1) is 18.1 Å². The Bertz CT molecular complexity index is 291. The standard InChI is InChI=1S/C13H22ClNO2/c1-10-4-5-11(8-12(10)14)13(16)9-15(2)6-7-17-3/h4-5,8,10,12-13,16H,6-7,9H2,1-3H3/t10-,12?,13?/m0/s1. The molecular weight excluding hydrogens is 238 g/mol. The van der Waals surface area contributed by atoms with Crippen LogP contribution in [0.15, 0.2) is 23.8 Å². The Hall–Kier alpha value is -0.350. The molecule has 2 unspecified atom stereocenters. The quantitative estimate of drug-likeness (QED) is 0.737. The zero-order valence-corrected chi connectivity index (χ0v) is 11.5. The normalized spacial score (nSPS) is 26.1. The lowest BCUT2D eigenvalue weighted by molar-refractivity contribution is 0.122. The highest BCUT2D eigenvalue weighted by atomic mass is 35.5. The van der Waals surface area contributed by atoms with E-state index in [1.807, 2.05) is 30.2 Å². The molecule has 0 radical (unpaired) electrons. The van der Waals surface area contributed by atoms with Crippen molar-refractivity contribution in [1.82, 2.24) is 4.90 Å². The maximum atomic E-state index is 10.1. The molecule has 0 saturated carbocycles. The molecule has 0 amide bonds. The number of likely N-dealkylation sites (N-methyl/N-ethyl adjacent to an activating group) is 1. The van der Waals surface area contributed by atoms with Gasteiger partial charge in [-0.3, -0.25) is 0 Å². The van der Waals surface area contributed by atoms with Crippen LogP contribution in [-0.2, 0) is 4.74 Å². The Morgan fingerprint density at radius 1 is 1.59 bits per heavy atom. The maximum absolute atomic E-state index is 10.1. The third kappa shape index (κ3) is 4.80. The summed E-state index contributed by atoms with van der Waals surface area (Å²) in [4.78, 5) is 2.05. The number of alkyl halides is 1. The van der Waals surface area contributed by atoms with E-state index in [4.69, 9.17) is 16.3 Å². The van der Waals surface area contributed by atoms with Crippen LogP contribution in [0.1, 0.15) is 6.92 Å². The number of aliphatic hydroxyl groups is 1. The minimum Gasteiger partial charge on any atom is -0.387 e. The summed E-state index contributed by atoms with van der Waals surface area (Å²) in [6.45, 7) is 4.15. The maximum Gasteiger partial charge on any atom is 0.0914 e. The van der Waals surface area contributed by atoms with Crippen molar-refractivity contribution in [1.29, 1.82) is 0 Å². The highest BCUT2D eigenvalue weighted by Gasteiger charge is 2.19. The van der Waals surface area contributed by atoms with Crippen LogP contribution in [0, 0.1) is 5.92 Å². The summed E-state index contributed by atoms with van der Waals surface area (Å²) in [6, 6.07) is 0. The summed E-state index contributed by atoms with van der Waals surface area (Å²) < 4.78 is 5.00. The molecule has 3 nitrogen and oxygen atoms in total. The predicted molar refractivity (Wildman–Crippen MR) is 71.4 cm³/mol. The van der Waals surface area contributed by atoms with Gasteiger partial charge in [0, 0.05) is 20.2 Å². The Labute approximate surface area is 109 Å². The molecule has 0 fully saturated rings. The second kappa shape index (κ2) is 7.17. The SMILES string of the molecule is COCCN(C)CC(O)C1=CC(Cl)[C@@H](C)C=C1. The molecule has 1 aliphatic carbocycles. The van der Waals surface area contributed by atoms with Gasteiger partial charge in [-0.05, 0) is 18.5 Å². The van der Waals surface area contributed by atoms with E-state index < -0.39 is 6.10 Å². The first kappa shape index (κ1) is 14.7. The molecule has 1 rings (SSSR count). The van der Waals surface area contributed by atoms with Crippen molar-refractivity contribution < 1.29 is 9.84 Å². The number of aliphatic hydroxyl groups excluding tert-OH is 1. The molecule has 3 atom stereocenters. The van der Waals surface area contributed by atoms with Gasteiger partial charge in [-0.1, -0.05) is 25.2 Å². The third-order valence-corrected chi connectivity index (χ3v) is 3.52. The van der Waals surface area contributed by atoms with Crippen LogP contribution in [0.2, 0.25) is 0 Å². The average Bonchev–Trinajstić information content (AvgIpc) is 2.30. The Morgan fingerprint density at radius 2 is 2.29 bits per heavy atom. The molecule has 0 spiro atoms. The molecule has 0 aliphatic heterocycles. The largest absolute Gasteiger partial charge is 0.387 e. The zero-order chi connectivity index (χ0) is 12.8. The highest BCUT2D eigenvalue weighted by molar-refractivity contribution is 6.22. The lowest BCUT2D eigenvalue weighted by Crippen LogP contribution is -2.33. The molecule has 1 aliphatic rings. The molecule has 0 aromatic carbocycles. The van der Waals surface area contributed by atoms with Crippen LogP contribution in [-0.4, -0.2) is 55.3 Å². The van der Waals surface area contributed by atoms with Crippen molar-refractivity contribution >= 4 is 11.6 Å². The van der Waals surface area contributed by atoms with Crippen LogP contribution in [0.5, 0.6) is 0 Å². The molecule has 0 heterocycles. The van der Waals surface area contributed by atoms with Crippen molar-refractivity contribution in [2.45, 2.75) is 18.4 Å². The minimum absolute atomic E-state index is 0.0195. The first-order chi connectivity index (χ1) is 8.04. The van der Waals surface area contributed by atoms with E-state index in [0.717, 1.165) is 12.1 Å². The number of ether oxygens (including phenoxy) is 1. The fraction of sp³-hybridized carbons (Fsp3) is 0.692. The van der Waals surface area contributed by atoms with E-state index in [9.17, 15) is 5.11 Å². The molecule has 1 N–H and O–H groups in total. The second-order valence-electron chi connectivity index (χ2n) is 4.60. The van der Waals surface area contributed by atoms with E-state index >= 15 is 0 Å². The molecule has 0 aromatic rings. The van der Waals surface area contributed by atoms with Gasteiger partial charge in [0.2, 0.25) is 0 Å². The lowest BCUT2D eigenvalue weighted by atomic mass is 9.95. The monoisotopic (exact) mass is 259 g/mol. The van der Waals surface area contributed by atoms with Gasteiger partial charge in [-0.15, -0.1) is 11.6 Å². The van der Waals surface area contributed by atoms with E-state index in [-0.39, 0.29) is 5.38 Å². The second-order valence-corrected chi connectivity index (χ2v) is 5.10. The van der Waals surface area contributed by atoms with Crippen LogP contribution < -0.4 is 0 Å². The lowest BCUT2D eigenvalue weighted by Gasteiger charge is -2.24. The van der Waals surface area contributed by atoms with Gasteiger partial charge in [-0.2, -0.15) is 0 Å². The number of rotatable bonds is 6. The Morgan fingerprint density at radius 3 is 2.88 bits per heavy atom. The minimum atomic E-state index is -0.484. The van der Waals surface area contributed by atoms with E-state index in [2.05, 4.69) is 6.92 Å². The van der Waals surface area contributed by atoms with Gasteiger partial charge in [-0.25, -0.2) is 0 Å². The number of methoxy groups -OCH3 is 1. The molecule has 98 valence electrons. The van der Waals surface area contributed by atoms with E-state index in [1.54, 1.807) is 7.11 Å². The van der Waals surface area contributed by atoms with Crippen molar-refractivity contribution in [3.8, 4) is 0 Å². The first-order valence-corrected chi connectivity index (χ1v) is 6.37. The van der Waals surface area contributed by atoms with Crippen molar-refractivity contribution in [3.05, 3.63) is 23.8 Å². The van der Waals surface area contributed by atoms with Gasteiger partial charge >= 0.3 is 0 Å². The fourth-order valence-electron chi connectivity index (χ4n) is 1.72. The molecule has 0 saturated heterocycles. The zero-order valence-electron chi connectivity index (χ0n) is 10.8. The number of nitrogens with zero attached hydrogens (tertiary/aromatic N) is 1. The molecule has 0 bridgehead atoms. The van der Waals surface area contributed by atoms with Crippen molar-refractivity contribution in [2.24, 2.45) is 5.92 Å². The fourth-order valence-corrected chi connectivity index (χ4v) is 1.95. The first-order valence-electron chi connectivity index (χ1n) is 5.94. The van der Waals surface area contributed by atoms with E-state index in [1.165, 1.54) is 0 Å². The molecule has 0 aromatic heterocycles. The van der Waals surface area contributed by atoms with Crippen LogP contribution in [0.4, 0.5) is 0 Å². The molecule has 4 heteroatoms. The van der Waals surface area contributed by atoms with Crippen molar-refractivity contribution in [2.75, 3.05) is 33.9 Å². The van der Waals surface area contributed by atoms with Gasteiger partial charge < -0.3 is 14.7 Å². The topological polar surface area (TPSA) is 32.7 Å². The van der Waals surface area contributed by atoms with Crippen LogP contribution in [0.25, 0.3) is 0 Å². The van der Waals surface area contributed by atoms with Gasteiger partial charge in [0.25, 0.3) is 0 Å². The smallest absolute Gasteiger partial charge is 0.0914 e. The summed E-state index contributed by atoms with van der Waals surface area (Å²) in [5.41, 5.74) is 0.910. The highest BCUT2D eigenvalue weighted by Crippen LogP contribution is 2.23. The average molecular weight is 260 g/mol. The summed E-state index contributed by atoms with van der Waals surface area (Å²) >= 11 is 6.15.